The van der Waals surface area contributed by atoms with E-state index in [9.17, 15) is 0 Å². The Morgan fingerprint density at radius 2 is 1.95 bits per heavy atom. The molecule has 1 N–H and O–H groups in total. The molecular weight excluding hydrogens is 266 g/mol. The fourth-order valence-corrected chi connectivity index (χ4v) is 2.15. The summed E-state index contributed by atoms with van der Waals surface area (Å²) in [6, 6.07) is 5.84. The normalized spacial score (nSPS) is 10.4. The first-order chi connectivity index (χ1) is 10.3. The minimum Gasteiger partial charge on any atom is -0.494 e. The average molecular weight is 289 g/mol. The van der Waals surface area contributed by atoms with Gasteiger partial charge in [0.2, 0.25) is 0 Å². The summed E-state index contributed by atoms with van der Waals surface area (Å²) in [6.45, 7) is 8.95. The van der Waals surface area contributed by atoms with Gasteiger partial charge < -0.3 is 19.4 Å². The number of nitrogens with one attached hydrogen (secondary N) is 1. The molecule has 114 valence electrons. The molecular formula is C16H23N3O2. The molecule has 0 aliphatic carbocycles. The van der Waals surface area contributed by atoms with Crippen molar-refractivity contribution in [3.63, 3.8) is 0 Å². The molecule has 0 aliphatic rings. The van der Waals surface area contributed by atoms with Gasteiger partial charge >= 0.3 is 0 Å². The molecule has 0 bridgehead atoms. The summed E-state index contributed by atoms with van der Waals surface area (Å²) in [6.07, 6.45) is 3.72. The van der Waals surface area contributed by atoms with Crippen LogP contribution in [0.5, 0.6) is 11.5 Å². The van der Waals surface area contributed by atoms with E-state index >= 15 is 0 Å². The van der Waals surface area contributed by atoms with Crippen LogP contribution in [-0.2, 0) is 13.1 Å². The van der Waals surface area contributed by atoms with Gasteiger partial charge in [0, 0.05) is 18.8 Å². The second kappa shape index (κ2) is 7.57. The van der Waals surface area contributed by atoms with Gasteiger partial charge in [-0.15, -0.1) is 0 Å². The zero-order valence-corrected chi connectivity index (χ0v) is 12.9. The second-order valence-electron chi connectivity index (χ2n) is 4.55. The van der Waals surface area contributed by atoms with Crippen LogP contribution in [-0.4, -0.2) is 22.8 Å². The van der Waals surface area contributed by atoms with Gasteiger partial charge in [0.05, 0.1) is 37.5 Å². The fourth-order valence-electron chi connectivity index (χ4n) is 2.15. The van der Waals surface area contributed by atoms with E-state index in [0.717, 1.165) is 29.4 Å². The summed E-state index contributed by atoms with van der Waals surface area (Å²) in [5.41, 5.74) is 2.08. The molecule has 0 radical (unpaired) electrons. The van der Waals surface area contributed by atoms with Crippen LogP contribution in [0.4, 0.5) is 5.69 Å². The van der Waals surface area contributed by atoms with Gasteiger partial charge in [-0.05, 0) is 32.9 Å². The van der Waals surface area contributed by atoms with Crippen LogP contribution in [0.3, 0.4) is 0 Å². The first-order valence-electron chi connectivity index (χ1n) is 7.41. The van der Waals surface area contributed by atoms with Gasteiger partial charge in [-0.2, -0.15) is 0 Å². The lowest BCUT2D eigenvalue weighted by Crippen LogP contribution is -2.07. The topological polar surface area (TPSA) is 48.3 Å². The monoisotopic (exact) mass is 289 g/mol. The van der Waals surface area contributed by atoms with Gasteiger partial charge in [0.25, 0.3) is 0 Å². The Labute approximate surface area is 125 Å². The summed E-state index contributed by atoms with van der Waals surface area (Å²) in [5.74, 6) is 1.68. The fraction of sp³-hybridized carbons (Fsp3) is 0.438. The van der Waals surface area contributed by atoms with Crippen molar-refractivity contribution < 1.29 is 9.47 Å². The van der Waals surface area contributed by atoms with Crippen molar-refractivity contribution in [2.24, 2.45) is 0 Å². The Morgan fingerprint density at radius 1 is 1.14 bits per heavy atom. The third-order valence-electron chi connectivity index (χ3n) is 3.16. The van der Waals surface area contributed by atoms with E-state index in [-0.39, 0.29) is 0 Å². The summed E-state index contributed by atoms with van der Waals surface area (Å²) >= 11 is 0. The molecule has 0 amide bonds. The highest BCUT2D eigenvalue weighted by Gasteiger charge is 2.07. The molecule has 0 aliphatic heterocycles. The van der Waals surface area contributed by atoms with Gasteiger partial charge in [-0.1, -0.05) is 0 Å². The maximum atomic E-state index is 5.66. The molecule has 1 aromatic carbocycles. The Kier molecular flexibility index (Phi) is 5.49. The van der Waals surface area contributed by atoms with Crippen molar-refractivity contribution in [1.29, 1.82) is 0 Å². The molecule has 0 atom stereocenters. The van der Waals surface area contributed by atoms with Crippen molar-refractivity contribution in [3.05, 3.63) is 36.4 Å². The molecule has 5 nitrogen and oxygen atoms in total. The number of aromatic nitrogens is 2. The van der Waals surface area contributed by atoms with Crippen molar-refractivity contribution in [2.45, 2.75) is 33.9 Å². The molecule has 0 saturated carbocycles. The summed E-state index contributed by atoms with van der Waals surface area (Å²) < 4.78 is 13.3. The SMILES string of the molecule is CCOc1ccc(OCC)c(NCc2cncn2CC)c1. The van der Waals surface area contributed by atoms with Crippen LogP contribution < -0.4 is 14.8 Å². The lowest BCUT2D eigenvalue weighted by molar-refractivity contribution is 0.332. The van der Waals surface area contributed by atoms with Crippen molar-refractivity contribution >= 4 is 5.69 Å². The van der Waals surface area contributed by atoms with Crippen molar-refractivity contribution in [1.82, 2.24) is 9.55 Å². The molecule has 0 spiro atoms. The molecule has 0 unspecified atom stereocenters. The van der Waals surface area contributed by atoms with Gasteiger partial charge in [0.15, 0.2) is 0 Å². The van der Waals surface area contributed by atoms with Crippen LogP contribution in [0.1, 0.15) is 26.5 Å². The maximum Gasteiger partial charge on any atom is 0.142 e. The van der Waals surface area contributed by atoms with Crippen LogP contribution in [0.25, 0.3) is 0 Å². The number of hydrogen-bond acceptors (Lipinski definition) is 4. The largest absolute Gasteiger partial charge is 0.494 e. The lowest BCUT2D eigenvalue weighted by atomic mass is 10.2. The summed E-state index contributed by atoms with van der Waals surface area (Å²) in [5, 5.41) is 3.41. The predicted octanol–water partition coefficient (Wildman–Crippen LogP) is 3.31. The number of anilines is 1. The molecule has 1 aromatic heterocycles. The second-order valence-corrected chi connectivity index (χ2v) is 4.55. The van der Waals surface area contributed by atoms with E-state index in [4.69, 9.17) is 9.47 Å². The van der Waals surface area contributed by atoms with E-state index in [1.807, 2.05) is 44.6 Å². The number of benzene rings is 1. The smallest absolute Gasteiger partial charge is 0.142 e. The molecule has 0 saturated heterocycles. The minimum absolute atomic E-state index is 0.634. The first kappa shape index (κ1) is 15.2. The van der Waals surface area contributed by atoms with Crippen molar-refractivity contribution in [3.8, 4) is 11.5 Å². The van der Waals surface area contributed by atoms with Crippen LogP contribution in [0.15, 0.2) is 30.7 Å². The highest BCUT2D eigenvalue weighted by Crippen LogP contribution is 2.29. The van der Waals surface area contributed by atoms with E-state index in [1.165, 1.54) is 0 Å². The number of imidazole rings is 1. The predicted molar refractivity (Wildman–Crippen MR) is 84.0 cm³/mol. The number of hydrogen-bond donors (Lipinski definition) is 1. The first-order valence-corrected chi connectivity index (χ1v) is 7.41. The minimum atomic E-state index is 0.634. The highest BCUT2D eigenvalue weighted by atomic mass is 16.5. The molecule has 1 heterocycles. The summed E-state index contributed by atoms with van der Waals surface area (Å²) in [4.78, 5) is 4.18. The number of ether oxygens (including phenoxy) is 2. The van der Waals surface area contributed by atoms with Crippen LogP contribution in [0.2, 0.25) is 0 Å². The summed E-state index contributed by atoms with van der Waals surface area (Å²) in [7, 11) is 0. The molecule has 0 fully saturated rings. The Morgan fingerprint density at radius 3 is 2.67 bits per heavy atom. The molecule has 2 aromatic rings. The van der Waals surface area contributed by atoms with E-state index in [0.29, 0.717) is 19.8 Å². The van der Waals surface area contributed by atoms with Gasteiger partial charge in [0.1, 0.15) is 11.5 Å². The van der Waals surface area contributed by atoms with E-state index in [1.54, 1.807) is 0 Å². The quantitative estimate of drug-likeness (QED) is 0.810. The molecule has 2 rings (SSSR count). The lowest BCUT2D eigenvalue weighted by Gasteiger charge is -2.14. The number of aryl methyl sites for hydroxylation is 1. The van der Waals surface area contributed by atoms with Crippen LogP contribution in [0, 0.1) is 0 Å². The van der Waals surface area contributed by atoms with Gasteiger partial charge in [-0.3, -0.25) is 0 Å². The Balaban J connectivity index is 2.14. The van der Waals surface area contributed by atoms with E-state index in [2.05, 4.69) is 21.8 Å². The van der Waals surface area contributed by atoms with Gasteiger partial charge in [-0.25, -0.2) is 4.98 Å². The maximum absolute atomic E-state index is 5.66. The van der Waals surface area contributed by atoms with Crippen LogP contribution >= 0.6 is 0 Å². The van der Waals surface area contributed by atoms with E-state index < -0.39 is 0 Å². The standard InChI is InChI=1S/C16H23N3O2/c1-4-19-12-17-10-13(19)11-18-15-9-14(20-5-2)7-8-16(15)21-6-3/h7-10,12,18H,4-6,11H2,1-3H3. The average Bonchev–Trinajstić information content (AvgIpc) is 2.95. The Hall–Kier alpha value is -2.17. The van der Waals surface area contributed by atoms with Crippen molar-refractivity contribution in [2.75, 3.05) is 18.5 Å². The molecule has 5 heteroatoms. The zero-order valence-electron chi connectivity index (χ0n) is 12.9. The zero-order chi connectivity index (χ0) is 15.1. The highest BCUT2D eigenvalue weighted by molar-refractivity contribution is 5.59. The third kappa shape index (κ3) is 3.90. The number of nitrogens with zero attached hydrogens (tertiary/aromatic N) is 2. The molecule has 21 heavy (non-hydrogen) atoms. The third-order valence-corrected chi connectivity index (χ3v) is 3.16. The number of rotatable bonds is 8. The Bertz CT molecular complexity index is 566.